The van der Waals surface area contributed by atoms with Crippen molar-refractivity contribution in [1.29, 1.82) is 5.26 Å². The highest BCUT2D eigenvalue weighted by molar-refractivity contribution is 9.10. The van der Waals surface area contributed by atoms with Gasteiger partial charge in [0.15, 0.2) is 0 Å². The van der Waals surface area contributed by atoms with Crippen LogP contribution in [0.15, 0.2) is 46.9 Å². The van der Waals surface area contributed by atoms with Gasteiger partial charge >= 0.3 is 0 Å². The number of halogens is 1. The van der Waals surface area contributed by atoms with E-state index in [2.05, 4.69) is 22.0 Å². The SMILES string of the molecule is CN(c1ccc(C#N)cc1)c1cc(Br)ccc1CO. The van der Waals surface area contributed by atoms with Crippen LogP contribution in [-0.2, 0) is 6.61 Å². The minimum atomic E-state index is -0.0107. The minimum Gasteiger partial charge on any atom is -0.392 e. The second-order valence-electron chi connectivity index (χ2n) is 4.15. The first-order chi connectivity index (χ1) is 9.15. The van der Waals surface area contributed by atoms with Crippen LogP contribution in [0.5, 0.6) is 0 Å². The third kappa shape index (κ3) is 2.95. The molecule has 2 aromatic carbocycles. The number of aliphatic hydroxyl groups is 1. The van der Waals surface area contributed by atoms with E-state index in [1.54, 1.807) is 12.1 Å². The third-order valence-electron chi connectivity index (χ3n) is 2.96. The van der Waals surface area contributed by atoms with Crippen molar-refractivity contribution in [2.24, 2.45) is 0 Å². The lowest BCUT2D eigenvalue weighted by molar-refractivity contribution is 0.282. The Bertz CT molecular complexity index is 617. The third-order valence-corrected chi connectivity index (χ3v) is 3.46. The Kier molecular flexibility index (Phi) is 4.20. The first kappa shape index (κ1) is 13.6. The molecule has 3 nitrogen and oxygen atoms in total. The fourth-order valence-electron chi connectivity index (χ4n) is 1.88. The number of anilines is 2. The van der Waals surface area contributed by atoms with E-state index in [1.165, 1.54) is 0 Å². The van der Waals surface area contributed by atoms with Crippen molar-refractivity contribution in [2.75, 3.05) is 11.9 Å². The number of hydrogen-bond acceptors (Lipinski definition) is 3. The van der Waals surface area contributed by atoms with Gasteiger partial charge in [0.2, 0.25) is 0 Å². The van der Waals surface area contributed by atoms with Gasteiger partial charge in [-0.2, -0.15) is 5.26 Å². The van der Waals surface area contributed by atoms with Crippen molar-refractivity contribution in [3.63, 3.8) is 0 Å². The van der Waals surface area contributed by atoms with Crippen LogP contribution in [0.4, 0.5) is 11.4 Å². The molecule has 0 fully saturated rings. The van der Waals surface area contributed by atoms with Crippen LogP contribution < -0.4 is 4.90 Å². The molecule has 0 bridgehead atoms. The molecule has 96 valence electrons. The van der Waals surface area contributed by atoms with Crippen molar-refractivity contribution < 1.29 is 5.11 Å². The molecule has 2 rings (SSSR count). The molecule has 0 saturated heterocycles. The van der Waals surface area contributed by atoms with Gasteiger partial charge in [-0.25, -0.2) is 0 Å². The standard InChI is InChI=1S/C15H13BrN2O/c1-18(14-6-2-11(9-17)3-7-14)15-8-13(16)5-4-12(15)10-19/h2-8,19H,10H2,1H3. The van der Waals surface area contributed by atoms with Crippen LogP contribution >= 0.6 is 15.9 Å². The van der Waals surface area contributed by atoms with Gasteiger partial charge in [-0.1, -0.05) is 22.0 Å². The number of rotatable bonds is 3. The van der Waals surface area contributed by atoms with Gasteiger partial charge in [-0.3, -0.25) is 0 Å². The maximum absolute atomic E-state index is 9.40. The topological polar surface area (TPSA) is 47.3 Å². The van der Waals surface area contributed by atoms with Crippen LogP contribution in [0.1, 0.15) is 11.1 Å². The molecule has 1 N–H and O–H groups in total. The Morgan fingerprint density at radius 2 is 1.89 bits per heavy atom. The lowest BCUT2D eigenvalue weighted by atomic mass is 10.1. The lowest BCUT2D eigenvalue weighted by Crippen LogP contribution is -2.11. The molecule has 0 amide bonds. The molecule has 2 aromatic rings. The van der Waals surface area contributed by atoms with Gasteiger partial charge in [-0.15, -0.1) is 0 Å². The van der Waals surface area contributed by atoms with Gasteiger partial charge in [0, 0.05) is 28.5 Å². The van der Waals surface area contributed by atoms with Crippen molar-refractivity contribution in [3.05, 3.63) is 58.1 Å². The summed E-state index contributed by atoms with van der Waals surface area (Å²) in [5, 5.41) is 18.2. The lowest BCUT2D eigenvalue weighted by Gasteiger charge is -2.22. The number of nitriles is 1. The molecular formula is C15H13BrN2O. The highest BCUT2D eigenvalue weighted by Crippen LogP contribution is 2.30. The first-order valence-electron chi connectivity index (χ1n) is 5.79. The molecule has 0 aliphatic rings. The van der Waals surface area contributed by atoms with Crippen LogP contribution in [0.2, 0.25) is 0 Å². The molecule has 0 aromatic heterocycles. The zero-order chi connectivity index (χ0) is 13.8. The summed E-state index contributed by atoms with van der Waals surface area (Å²) in [6.07, 6.45) is 0. The summed E-state index contributed by atoms with van der Waals surface area (Å²) >= 11 is 3.44. The maximum atomic E-state index is 9.40. The summed E-state index contributed by atoms with van der Waals surface area (Å²) in [5.41, 5.74) is 3.39. The van der Waals surface area contributed by atoms with E-state index in [-0.39, 0.29) is 6.61 Å². The van der Waals surface area contributed by atoms with E-state index in [0.717, 1.165) is 21.4 Å². The van der Waals surface area contributed by atoms with Gasteiger partial charge in [0.05, 0.1) is 18.2 Å². The quantitative estimate of drug-likeness (QED) is 0.941. The Morgan fingerprint density at radius 1 is 1.21 bits per heavy atom. The van der Waals surface area contributed by atoms with Crippen molar-refractivity contribution in [2.45, 2.75) is 6.61 Å². The summed E-state index contributed by atoms with van der Waals surface area (Å²) in [7, 11) is 1.93. The fraction of sp³-hybridized carbons (Fsp3) is 0.133. The Labute approximate surface area is 120 Å². The van der Waals surface area contributed by atoms with E-state index in [1.807, 2.05) is 42.3 Å². The molecule has 0 radical (unpaired) electrons. The van der Waals surface area contributed by atoms with Crippen LogP contribution in [0.25, 0.3) is 0 Å². The molecule has 4 heteroatoms. The van der Waals surface area contributed by atoms with Gasteiger partial charge < -0.3 is 10.0 Å². The molecular weight excluding hydrogens is 304 g/mol. The zero-order valence-corrected chi connectivity index (χ0v) is 12.1. The maximum Gasteiger partial charge on any atom is 0.0991 e. The average molecular weight is 317 g/mol. The monoisotopic (exact) mass is 316 g/mol. The van der Waals surface area contributed by atoms with Gasteiger partial charge in [0.1, 0.15) is 0 Å². The molecule has 0 heterocycles. The molecule has 0 aliphatic heterocycles. The minimum absolute atomic E-state index is 0.0107. The Hall–Kier alpha value is -1.83. The van der Waals surface area contributed by atoms with Crippen LogP contribution in [0, 0.1) is 11.3 Å². The zero-order valence-electron chi connectivity index (χ0n) is 10.5. The van der Waals surface area contributed by atoms with E-state index in [0.29, 0.717) is 5.56 Å². The average Bonchev–Trinajstić information content (AvgIpc) is 2.46. The van der Waals surface area contributed by atoms with E-state index in [9.17, 15) is 5.11 Å². The summed E-state index contributed by atoms with van der Waals surface area (Å²) in [6.45, 7) is -0.0107. The van der Waals surface area contributed by atoms with E-state index in [4.69, 9.17) is 5.26 Å². The number of benzene rings is 2. The number of nitrogens with zero attached hydrogens (tertiary/aromatic N) is 2. The molecule has 0 aliphatic carbocycles. The summed E-state index contributed by atoms with van der Waals surface area (Å²) in [5.74, 6) is 0. The number of hydrogen-bond donors (Lipinski definition) is 1. The molecule has 0 spiro atoms. The number of aliphatic hydroxyl groups excluding tert-OH is 1. The highest BCUT2D eigenvalue weighted by Gasteiger charge is 2.09. The Balaban J connectivity index is 2.40. The Morgan fingerprint density at radius 3 is 2.47 bits per heavy atom. The van der Waals surface area contributed by atoms with Crippen molar-refractivity contribution in [1.82, 2.24) is 0 Å². The van der Waals surface area contributed by atoms with Gasteiger partial charge in [0.25, 0.3) is 0 Å². The van der Waals surface area contributed by atoms with E-state index < -0.39 is 0 Å². The predicted molar refractivity (Wildman–Crippen MR) is 79.3 cm³/mol. The second-order valence-corrected chi connectivity index (χ2v) is 5.06. The molecule has 0 saturated carbocycles. The summed E-state index contributed by atoms with van der Waals surface area (Å²) in [6, 6.07) is 15.2. The molecule has 0 atom stereocenters. The van der Waals surface area contributed by atoms with Crippen molar-refractivity contribution in [3.8, 4) is 6.07 Å². The first-order valence-corrected chi connectivity index (χ1v) is 6.58. The van der Waals surface area contributed by atoms with Gasteiger partial charge in [-0.05, 0) is 36.4 Å². The summed E-state index contributed by atoms with van der Waals surface area (Å²) < 4.78 is 0.959. The van der Waals surface area contributed by atoms with E-state index >= 15 is 0 Å². The van der Waals surface area contributed by atoms with Crippen LogP contribution in [-0.4, -0.2) is 12.2 Å². The van der Waals surface area contributed by atoms with Crippen LogP contribution in [0.3, 0.4) is 0 Å². The second kappa shape index (κ2) is 5.87. The highest BCUT2D eigenvalue weighted by atomic mass is 79.9. The largest absolute Gasteiger partial charge is 0.392 e. The molecule has 0 unspecified atom stereocenters. The van der Waals surface area contributed by atoms with Crippen molar-refractivity contribution >= 4 is 27.3 Å². The summed E-state index contributed by atoms with van der Waals surface area (Å²) in [4.78, 5) is 1.98. The predicted octanol–water partition coefficient (Wildman–Crippen LogP) is 3.58. The molecule has 19 heavy (non-hydrogen) atoms. The normalized spacial score (nSPS) is 10.0. The smallest absolute Gasteiger partial charge is 0.0991 e. The fourth-order valence-corrected chi connectivity index (χ4v) is 2.23.